The summed E-state index contributed by atoms with van der Waals surface area (Å²) in [5, 5.41) is 7.38. The molecule has 1 fully saturated rings. The quantitative estimate of drug-likeness (QED) is 0.276. The molecule has 41 heavy (non-hydrogen) atoms. The van der Waals surface area contributed by atoms with Crippen LogP contribution in [0.4, 0.5) is 19.0 Å². The molecule has 1 N–H and O–H groups in total. The maximum Gasteiger partial charge on any atom is 0.422 e. The molecule has 1 aromatic carbocycles. The van der Waals surface area contributed by atoms with E-state index in [1.54, 1.807) is 30.5 Å². The monoisotopic (exact) mass is 573 g/mol. The maximum absolute atomic E-state index is 13.0. The van der Waals surface area contributed by atoms with Gasteiger partial charge in [-0.3, -0.25) is 9.78 Å². The Bertz CT molecular complexity index is 1520. The molecule has 1 unspecified atom stereocenters. The van der Waals surface area contributed by atoms with Gasteiger partial charge in [0.1, 0.15) is 23.5 Å². The smallest absolute Gasteiger partial charge is 0.422 e. The number of aromatic nitrogens is 4. The summed E-state index contributed by atoms with van der Waals surface area (Å²) in [6.45, 7) is -1.09. The van der Waals surface area contributed by atoms with Crippen molar-refractivity contribution in [2.75, 3.05) is 32.8 Å². The number of fused-ring (bicyclic) bond motifs is 1. The first kappa shape index (κ1) is 28.0. The Morgan fingerprint density at radius 2 is 1.88 bits per heavy atom. The number of nitrogens with zero attached hydrogens (tertiary/aromatic N) is 4. The Kier molecular flexibility index (Phi) is 8.10. The topological polar surface area (TPSA) is 119 Å². The lowest BCUT2D eigenvalue weighted by Crippen LogP contribution is -2.21. The number of alkyl halides is 3. The number of carbonyl (C=O) groups excluding carboxylic acids is 1. The number of hydrogen-bond acceptors (Lipinski definition) is 9. The fraction of sp³-hybridized carbons (Fsp3) is 0.333. The van der Waals surface area contributed by atoms with Gasteiger partial charge in [0.2, 0.25) is 0 Å². The van der Waals surface area contributed by atoms with Gasteiger partial charge in [0.15, 0.2) is 29.5 Å². The van der Waals surface area contributed by atoms with Crippen molar-refractivity contribution in [1.29, 1.82) is 0 Å². The van der Waals surface area contributed by atoms with Crippen LogP contribution < -0.4 is 24.3 Å². The van der Waals surface area contributed by atoms with E-state index in [4.69, 9.17) is 23.7 Å². The molecule has 216 valence electrons. The number of pyridine rings is 2. The summed E-state index contributed by atoms with van der Waals surface area (Å²) in [7, 11) is 3.06. The Labute approximate surface area is 232 Å². The first-order valence-corrected chi connectivity index (χ1v) is 12.6. The van der Waals surface area contributed by atoms with Crippen LogP contribution >= 0.6 is 0 Å². The highest BCUT2D eigenvalue weighted by Crippen LogP contribution is 2.37. The van der Waals surface area contributed by atoms with Gasteiger partial charge >= 0.3 is 6.18 Å². The van der Waals surface area contributed by atoms with Crippen molar-refractivity contribution >= 4 is 22.6 Å². The van der Waals surface area contributed by atoms with Gasteiger partial charge in [-0.15, -0.1) is 0 Å². The fourth-order valence-corrected chi connectivity index (χ4v) is 4.23. The van der Waals surface area contributed by atoms with Crippen molar-refractivity contribution in [3.05, 3.63) is 54.6 Å². The van der Waals surface area contributed by atoms with Gasteiger partial charge in [-0.1, -0.05) is 0 Å². The minimum Gasteiger partial charge on any atom is -0.493 e. The molecule has 0 radical (unpaired) electrons. The van der Waals surface area contributed by atoms with E-state index < -0.39 is 24.9 Å². The van der Waals surface area contributed by atoms with Gasteiger partial charge in [-0.25, -0.2) is 9.67 Å². The highest BCUT2D eigenvalue weighted by molar-refractivity contribution is 6.04. The molecule has 0 saturated carbocycles. The highest BCUT2D eigenvalue weighted by atomic mass is 19.4. The number of anilines is 1. The molecule has 4 heterocycles. The van der Waals surface area contributed by atoms with Gasteiger partial charge in [0.25, 0.3) is 5.91 Å². The zero-order chi connectivity index (χ0) is 29.0. The molecule has 1 atom stereocenters. The highest BCUT2D eigenvalue weighted by Gasteiger charge is 2.31. The van der Waals surface area contributed by atoms with E-state index in [1.165, 1.54) is 37.4 Å². The summed E-state index contributed by atoms with van der Waals surface area (Å²) in [6, 6.07) is 8.21. The average molecular weight is 574 g/mol. The molecular formula is C27H26F3N5O6. The summed E-state index contributed by atoms with van der Waals surface area (Å²) in [5.41, 5.74) is 0.303. The molecule has 4 aromatic rings. The lowest BCUT2D eigenvalue weighted by atomic mass is 10.2. The van der Waals surface area contributed by atoms with E-state index >= 15 is 0 Å². The van der Waals surface area contributed by atoms with Gasteiger partial charge in [0, 0.05) is 24.3 Å². The molecule has 1 aliphatic rings. The summed E-state index contributed by atoms with van der Waals surface area (Å²) < 4.78 is 67.0. The second-order valence-electron chi connectivity index (χ2n) is 9.02. The number of amides is 1. The van der Waals surface area contributed by atoms with Crippen LogP contribution in [0.5, 0.6) is 28.7 Å². The van der Waals surface area contributed by atoms with E-state index in [1.807, 2.05) is 0 Å². The number of ether oxygens (including phenoxy) is 5. The van der Waals surface area contributed by atoms with Crippen LogP contribution in [0.3, 0.4) is 0 Å². The predicted octanol–water partition coefficient (Wildman–Crippen LogP) is 5.53. The summed E-state index contributed by atoms with van der Waals surface area (Å²) in [4.78, 5) is 21.5. The summed E-state index contributed by atoms with van der Waals surface area (Å²) >= 11 is 0. The molecule has 0 spiro atoms. The lowest BCUT2D eigenvalue weighted by Gasteiger charge is -2.22. The zero-order valence-electron chi connectivity index (χ0n) is 22.1. The molecule has 0 aliphatic carbocycles. The van der Waals surface area contributed by atoms with E-state index in [2.05, 4.69) is 20.4 Å². The van der Waals surface area contributed by atoms with Gasteiger partial charge < -0.3 is 29.0 Å². The van der Waals surface area contributed by atoms with Crippen LogP contribution in [0.2, 0.25) is 0 Å². The lowest BCUT2D eigenvalue weighted by molar-refractivity contribution is -0.153. The van der Waals surface area contributed by atoms with Crippen LogP contribution in [-0.4, -0.2) is 59.3 Å². The van der Waals surface area contributed by atoms with Gasteiger partial charge in [-0.05, 0) is 43.5 Å². The molecule has 1 aliphatic heterocycles. The van der Waals surface area contributed by atoms with Crippen molar-refractivity contribution in [3.63, 3.8) is 0 Å². The summed E-state index contributed by atoms with van der Waals surface area (Å²) in [5.74, 6) is 0.887. The Balaban J connectivity index is 1.32. The van der Waals surface area contributed by atoms with E-state index in [0.717, 1.165) is 12.8 Å². The van der Waals surface area contributed by atoms with E-state index in [0.29, 0.717) is 46.9 Å². The number of halogens is 3. The Morgan fingerprint density at radius 3 is 2.56 bits per heavy atom. The number of hydrogen-bond donors (Lipinski definition) is 1. The van der Waals surface area contributed by atoms with Gasteiger partial charge in [0.05, 0.1) is 32.1 Å². The first-order valence-electron chi connectivity index (χ1n) is 12.6. The standard InChI is InChI=1S/C27H26F3N5O6/c1-37-20-11-17-18(12-21(20)38-2)31-9-8-19(17)41-16-6-7-23(32-13-16)33-26(36)25-22(40-15-27(28,29)30)14-35(34-25)24-5-3-4-10-39-24/h6-9,11-14,24H,3-5,10,15H2,1-2H3,(H,32,33,36). The molecule has 0 bridgehead atoms. The van der Waals surface area contributed by atoms with E-state index in [9.17, 15) is 18.0 Å². The Morgan fingerprint density at radius 1 is 1.07 bits per heavy atom. The van der Waals surface area contributed by atoms with Crippen molar-refractivity contribution in [3.8, 4) is 28.7 Å². The van der Waals surface area contributed by atoms with Crippen LogP contribution in [0.15, 0.2) is 48.9 Å². The minimum absolute atomic E-state index is 0.124. The number of rotatable bonds is 9. The predicted molar refractivity (Wildman–Crippen MR) is 140 cm³/mol. The normalized spacial score (nSPS) is 15.4. The largest absolute Gasteiger partial charge is 0.493 e. The summed E-state index contributed by atoms with van der Waals surface area (Å²) in [6.07, 6.45) is 1.46. The number of benzene rings is 1. The van der Waals surface area contributed by atoms with Crippen LogP contribution in [0.1, 0.15) is 36.0 Å². The first-order chi connectivity index (χ1) is 19.7. The zero-order valence-corrected chi connectivity index (χ0v) is 22.1. The van der Waals surface area contributed by atoms with Gasteiger partial charge in [-0.2, -0.15) is 18.3 Å². The average Bonchev–Trinajstić information content (AvgIpc) is 3.41. The van der Waals surface area contributed by atoms with Crippen molar-refractivity contribution < 1.29 is 41.7 Å². The third-order valence-corrected chi connectivity index (χ3v) is 6.17. The molecular weight excluding hydrogens is 547 g/mol. The molecule has 1 saturated heterocycles. The van der Waals surface area contributed by atoms with Crippen molar-refractivity contribution in [1.82, 2.24) is 19.7 Å². The molecule has 11 nitrogen and oxygen atoms in total. The van der Waals surface area contributed by atoms with Crippen LogP contribution in [-0.2, 0) is 4.74 Å². The molecule has 1 amide bonds. The SMILES string of the molecule is COc1cc2nccc(Oc3ccc(NC(=O)c4nn(C5CCCCO5)cc4OCC(F)(F)F)nc3)c2cc1OC. The maximum atomic E-state index is 13.0. The molecule has 14 heteroatoms. The fourth-order valence-electron chi connectivity index (χ4n) is 4.23. The number of methoxy groups -OCH3 is 2. The molecule has 5 rings (SSSR count). The molecule has 3 aromatic heterocycles. The minimum atomic E-state index is -4.59. The van der Waals surface area contributed by atoms with Crippen LogP contribution in [0.25, 0.3) is 10.9 Å². The number of carbonyl (C=O) groups is 1. The second-order valence-corrected chi connectivity index (χ2v) is 9.02. The van der Waals surface area contributed by atoms with E-state index in [-0.39, 0.29) is 17.3 Å². The van der Waals surface area contributed by atoms with Crippen molar-refractivity contribution in [2.24, 2.45) is 0 Å². The third kappa shape index (κ3) is 6.60. The Hall–Kier alpha value is -4.59. The second kappa shape index (κ2) is 11.9. The third-order valence-electron chi connectivity index (χ3n) is 6.17. The number of nitrogens with one attached hydrogen (secondary N) is 1. The van der Waals surface area contributed by atoms with Crippen molar-refractivity contribution in [2.45, 2.75) is 31.7 Å². The van der Waals surface area contributed by atoms with Crippen LogP contribution in [0, 0.1) is 0 Å².